The van der Waals surface area contributed by atoms with Crippen LogP contribution in [0.15, 0.2) is 53.5 Å². The molecule has 0 atom stereocenters. The second-order valence-electron chi connectivity index (χ2n) is 6.50. The van der Waals surface area contributed by atoms with Gasteiger partial charge in [0.1, 0.15) is 0 Å². The van der Waals surface area contributed by atoms with Crippen LogP contribution in [0.1, 0.15) is 34.0 Å². The molecule has 9 heteroatoms. The number of carbonyl (C=O) groups excluding carboxylic acids is 1. The van der Waals surface area contributed by atoms with Crippen LogP contribution in [0.4, 0.5) is 13.2 Å². The molecular weight excluding hydrogens is 508 g/mol. The molecule has 0 fully saturated rings. The third-order valence-corrected chi connectivity index (χ3v) is 4.25. The molecule has 2 aromatic carbocycles. The summed E-state index contributed by atoms with van der Waals surface area (Å²) in [6.45, 7) is 3.43. The molecule has 0 bridgehead atoms. The Balaban J connectivity index is 0.00000450. The van der Waals surface area contributed by atoms with Crippen LogP contribution < -0.4 is 10.6 Å². The molecule has 0 aliphatic heterocycles. The minimum absolute atomic E-state index is 0. The summed E-state index contributed by atoms with van der Waals surface area (Å²) in [5.41, 5.74) is 1.60. The number of guanidine groups is 1. The van der Waals surface area contributed by atoms with Crippen molar-refractivity contribution in [3.05, 3.63) is 70.8 Å². The summed E-state index contributed by atoms with van der Waals surface area (Å²) in [7, 11) is 3.41. The minimum Gasteiger partial charge on any atom is -0.357 e. The van der Waals surface area contributed by atoms with E-state index in [2.05, 4.69) is 15.6 Å². The van der Waals surface area contributed by atoms with E-state index in [9.17, 15) is 18.0 Å². The first-order chi connectivity index (χ1) is 13.7. The van der Waals surface area contributed by atoms with Crippen LogP contribution in [0.3, 0.4) is 0 Å². The third-order valence-electron chi connectivity index (χ3n) is 4.25. The highest BCUT2D eigenvalue weighted by molar-refractivity contribution is 14.0. The number of nitrogens with zero attached hydrogens (tertiary/aromatic N) is 2. The van der Waals surface area contributed by atoms with E-state index in [-0.39, 0.29) is 29.9 Å². The van der Waals surface area contributed by atoms with E-state index >= 15 is 0 Å². The average Bonchev–Trinajstić information content (AvgIpc) is 2.70. The molecule has 0 heterocycles. The van der Waals surface area contributed by atoms with E-state index in [4.69, 9.17) is 0 Å². The van der Waals surface area contributed by atoms with Crippen molar-refractivity contribution in [3.63, 3.8) is 0 Å². The van der Waals surface area contributed by atoms with Crippen LogP contribution in [0.2, 0.25) is 0 Å². The van der Waals surface area contributed by atoms with Crippen molar-refractivity contribution in [2.45, 2.75) is 26.2 Å². The number of aliphatic imine (C=N–C) groups is 1. The molecule has 5 nitrogen and oxygen atoms in total. The normalized spacial score (nSPS) is 11.5. The fourth-order valence-electron chi connectivity index (χ4n) is 2.69. The predicted octanol–water partition coefficient (Wildman–Crippen LogP) is 4.28. The molecule has 0 aliphatic rings. The maximum absolute atomic E-state index is 12.7. The zero-order valence-electron chi connectivity index (χ0n) is 17.1. The molecule has 0 radical (unpaired) electrons. The fourth-order valence-corrected chi connectivity index (χ4v) is 2.69. The summed E-state index contributed by atoms with van der Waals surface area (Å²) in [6.07, 6.45) is -4.34. The third kappa shape index (κ3) is 7.51. The summed E-state index contributed by atoms with van der Waals surface area (Å²) >= 11 is 0. The molecule has 2 rings (SSSR count). The zero-order valence-corrected chi connectivity index (χ0v) is 19.4. The number of halogens is 4. The Hall–Kier alpha value is -2.30. The molecule has 0 saturated carbocycles. The Labute approximate surface area is 191 Å². The number of hydrogen-bond acceptors (Lipinski definition) is 2. The van der Waals surface area contributed by atoms with Crippen LogP contribution in [-0.4, -0.2) is 37.4 Å². The molecule has 2 aromatic rings. The Morgan fingerprint density at radius 3 is 2.10 bits per heavy atom. The highest BCUT2D eigenvalue weighted by atomic mass is 127. The molecule has 0 unspecified atom stereocenters. The van der Waals surface area contributed by atoms with Gasteiger partial charge in [-0.1, -0.05) is 24.3 Å². The highest BCUT2D eigenvalue weighted by Crippen LogP contribution is 2.29. The van der Waals surface area contributed by atoms with Crippen molar-refractivity contribution in [2.75, 3.05) is 20.6 Å². The van der Waals surface area contributed by atoms with Gasteiger partial charge in [0.05, 0.1) is 12.1 Å². The number of alkyl halides is 3. The van der Waals surface area contributed by atoms with E-state index in [1.807, 2.05) is 31.0 Å². The predicted molar refractivity (Wildman–Crippen MR) is 123 cm³/mol. The van der Waals surface area contributed by atoms with Crippen molar-refractivity contribution in [1.29, 1.82) is 0 Å². The van der Waals surface area contributed by atoms with Gasteiger partial charge in [0.15, 0.2) is 5.96 Å². The molecule has 30 heavy (non-hydrogen) atoms. The van der Waals surface area contributed by atoms with Crippen LogP contribution in [-0.2, 0) is 19.3 Å². The molecular formula is C21H26F3IN4O. The lowest BCUT2D eigenvalue weighted by atomic mass is 10.1. The monoisotopic (exact) mass is 534 g/mol. The molecule has 1 amide bonds. The van der Waals surface area contributed by atoms with Gasteiger partial charge < -0.3 is 15.5 Å². The first-order valence-electron chi connectivity index (χ1n) is 9.21. The summed E-state index contributed by atoms with van der Waals surface area (Å²) in [5.74, 6) is 0.493. The topological polar surface area (TPSA) is 56.7 Å². The lowest BCUT2D eigenvalue weighted by Gasteiger charge is -2.22. The Kier molecular flexibility index (Phi) is 10.1. The van der Waals surface area contributed by atoms with Gasteiger partial charge in [-0.25, -0.2) is 4.99 Å². The number of hydrogen-bond donors (Lipinski definition) is 2. The first-order valence-corrected chi connectivity index (χ1v) is 9.21. The number of amides is 1. The summed E-state index contributed by atoms with van der Waals surface area (Å²) in [6, 6.07) is 12.3. The van der Waals surface area contributed by atoms with Gasteiger partial charge in [-0.15, -0.1) is 24.0 Å². The van der Waals surface area contributed by atoms with Crippen LogP contribution in [0, 0.1) is 0 Å². The molecule has 164 valence electrons. The number of nitrogens with one attached hydrogen (secondary N) is 2. The zero-order chi connectivity index (χ0) is 21.4. The average molecular weight is 534 g/mol. The molecule has 2 N–H and O–H groups in total. The van der Waals surface area contributed by atoms with Crippen LogP contribution >= 0.6 is 24.0 Å². The van der Waals surface area contributed by atoms with Gasteiger partial charge in [-0.3, -0.25) is 4.79 Å². The van der Waals surface area contributed by atoms with Gasteiger partial charge in [0.25, 0.3) is 5.91 Å². The van der Waals surface area contributed by atoms with Gasteiger partial charge >= 0.3 is 6.18 Å². The number of carbonyl (C=O) groups is 1. The van der Waals surface area contributed by atoms with E-state index in [0.29, 0.717) is 31.2 Å². The van der Waals surface area contributed by atoms with Gasteiger partial charge in [-0.2, -0.15) is 13.2 Å². The van der Waals surface area contributed by atoms with Crippen molar-refractivity contribution in [1.82, 2.24) is 15.5 Å². The van der Waals surface area contributed by atoms with E-state index in [0.717, 1.165) is 23.3 Å². The van der Waals surface area contributed by atoms with E-state index in [1.165, 1.54) is 12.1 Å². The minimum atomic E-state index is -4.34. The second-order valence-corrected chi connectivity index (χ2v) is 6.50. The SMILES string of the molecule is CCNC(=NCc1ccc(C(=O)NC)cc1)N(C)Cc1ccc(C(F)(F)F)cc1.I. The van der Waals surface area contributed by atoms with E-state index < -0.39 is 11.7 Å². The largest absolute Gasteiger partial charge is 0.416 e. The number of rotatable bonds is 6. The van der Waals surface area contributed by atoms with Gasteiger partial charge in [0.2, 0.25) is 0 Å². The Morgan fingerprint density at radius 2 is 1.60 bits per heavy atom. The van der Waals surface area contributed by atoms with Crippen LogP contribution in [0.25, 0.3) is 0 Å². The standard InChI is InChI=1S/C21H25F3N4O.HI/c1-4-26-20(27-13-15-5-9-17(10-6-15)19(29)25-2)28(3)14-16-7-11-18(12-8-16)21(22,23)24;/h5-12H,4,13-14H2,1-3H3,(H,25,29)(H,26,27);1H. The van der Waals surface area contributed by atoms with Crippen molar-refractivity contribution in [3.8, 4) is 0 Å². The Bertz CT molecular complexity index is 837. The highest BCUT2D eigenvalue weighted by Gasteiger charge is 2.29. The van der Waals surface area contributed by atoms with Gasteiger partial charge in [-0.05, 0) is 42.3 Å². The molecule has 0 saturated heterocycles. The summed E-state index contributed by atoms with van der Waals surface area (Å²) in [4.78, 5) is 18.0. The van der Waals surface area contributed by atoms with E-state index in [1.54, 1.807) is 19.2 Å². The summed E-state index contributed by atoms with van der Waals surface area (Å²) < 4.78 is 38.1. The van der Waals surface area contributed by atoms with Crippen molar-refractivity contribution in [2.24, 2.45) is 4.99 Å². The number of benzene rings is 2. The maximum Gasteiger partial charge on any atom is 0.416 e. The quantitative estimate of drug-likeness (QED) is 0.331. The molecule has 0 aromatic heterocycles. The maximum atomic E-state index is 12.7. The van der Waals surface area contributed by atoms with Crippen molar-refractivity contribution >= 4 is 35.8 Å². The van der Waals surface area contributed by atoms with Crippen molar-refractivity contribution < 1.29 is 18.0 Å². The summed E-state index contributed by atoms with van der Waals surface area (Å²) in [5, 5.41) is 5.75. The second kappa shape index (κ2) is 11.8. The molecule has 0 spiro atoms. The lowest BCUT2D eigenvalue weighted by Crippen LogP contribution is -2.38. The van der Waals surface area contributed by atoms with Gasteiger partial charge in [0, 0.05) is 32.7 Å². The fraction of sp³-hybridized carbons (Fsp3) is 0.333. The lowest BCUT2D eigenvalue weighted by molar-refractivity contribution is -0.137. The van der Waals surface area contributed by atoms with Crippen LogP contribution in [0.5, 0.6) is 0 Å². The Morgan fingerprint density at radius 1 is 1.03 bits per heavy atom. The first kappa shape index (κ1) is 25.7. The molecule has 0 aliphatic carbocycles. The smallest absolute Gasteiger partial charge is 0.357 e.